The van der Waals surface area contributed by atoms with Crippen LogP contribution in [-0.4, -0.2) is 0 Å². The molecule has 0 aliphatic carbocycles. The highest BCUT2D eigenvalue weighted by atomic mass is 127. The summed E-state index contributed by atoms with van der Waals surface area (Å²) in [6, 6.07) is 16.7. The van der Waals surface area contributed by atoms with Crippen LogP contribution in [-0.2, 0) is 0 Å². The molecular weight excluding hydrogens is 355 g/mol. The van der Waals surface area contributed by atoms with Crippen LogP contribution < -0.4 is 0 Å². The number of rotatable bonds is 2. The molecule has 0 aliphatic heterocycles. The SMILES string of the molecule is Cc1ccc(Sc2oc3ccccc3c2I)cc1. The van der Waals surface area contributed by atoms with Gasteiger partial charge in [-0.15, -0.1) is 0 Å². The fourth-order valence-corrected chi connectivity index (χ4v) is 3.47. The Labute approximate surface area is 124 Å². The Morgan fingerprint density at radius 2 is 1.72 bits per heavy atom. The quantitative estimate of drug-likeness (QED) is 0.556. The van der Waals surface area contributed by atoms with E-state index in [1.807, 2.05) is 18.2 Å². The van der Waals surface area contributed by atoms with Crippen LogP contribution >= 0.6 is 34.4 Å². The molecule has 0 N–H and O–H groups in total. The third kappa shape index (κ3) is 2.29. The van der Waals surface area contributed by atoms with Gasteiger partial charge in [0.05, 0.1) is 3.57 Å². The van der Waals surface area contributed by atoms with Gasteiger partial charge >= 0.3 is 0 Å². The predicted molar refractivity (Wildman–Crippen MR) is 84.2 cm³/mol. The van der Waals surface area contributed by atoms with Crippen molar-refractivity contribution in [2.75, 3.05) is 0 Å². The lowest BCUT2D eigenvalue weighted by Crippen LogP contribution is -1.75. The molecule has 1 heterocycles. The highest BCUT2D eigenvalue weighted by Gasteiger charge is 2.12. The minimum Gasteiger partial charge on any atom is -0.448 e. The average molecular weight is 366 g/mol. The van der Waals surface area contributed by atoms with Crippen LogP contribution in [0.1, 0.15) is 5.56 Å². The molecule has 3 rings (SSSR count). The monoisotopic (exact) mass is 366 g/mol. The Hall–Kier alpha value is -0.940. The zero-order valence-corrected chi connectivity index (χ0v) is 12.8. The van der Waals surface area contributed by atoms with Crippen LogP contribution in [0.25, 0.3) is 11.0 Å². The second-order valence-electron chi connectivity index (χ2n) is 4.11. The smallest absolute Gasteiger partial charge is 0.179 e. The molecular formula is C15H11IOS. The summed E-state index contributed by atoms with van der Waals surface area (Å²) in [6.07, 6.45) is 0. The molecule has 90 valence electrons. The standard InChI is InChI=1S/C15H11IOS/c1-10-6-8-11(9-7-10)18-15-14(16)12-4-2-3-5-13(12)17-15/h2-9H,1H3. The van der Waals surface area contributed by atoms with Crippen molar-refractivity contribution in [3.8, 4) is 0 Å². The van der Waals surface area contributed by atoms with Gasteiger partial charge in [-0.3, -0.25) is 0 Å². The summed E-state index contributed by atoms with van der Waals surface area (Å²) >= 11 is 4.03. The molecule has 0 spiro atoms. The van der Waals surface area contributed by atoms with Crippen molar-refractivity contribution in [2.45, 2.75) is 16.9 Å². The van der Waals surface area contributed by atoms with E-state index in [9.17, 15) is 0 Å². The van der Waals surface area contributed by atoms with Crippen molar-refractivity contribution in [1.29, 1.82) is 0 Å². The lowest BCUT2D eigenvalue weighted by molar-refractivity contribution is 0.511. The largest absolute Gasteiger partial charge is 0.448 e. The minimum atomic E-state index is 0.955. The normalized spacial score (nSPS) is 11.0. The lowest BCUT2D eigenvalue weighted by atomic mass is 10.2. The van der Waals surface area contributed by atoms with E-state index in [1.165, 1.54) is 19.4 Å². The molecule has 0 saturated carbocycles. The van der Waals surface area contributed by atoms with Crippen molar-refractivity contribution in [3.05, 3.63) is 57.7 Å². The predicted octanol–water partition coefficient (Wildman–Crippen LogP) is 5.50. The van der Waals surface area contributed by atoms with Gasteiger partial charge < -0.3 is 4.42 Å². The van der Waals surface area contributed by atoms with Crippen molar-refractivity contribution in [3.63, 3.8) is 0 Å². The van der Waals surface area contributed by atoms with Gasteiger partial charge in [-0.1, -0.05) is 47.7 Å². The molecule has 1 nitrogen and oxygen atoms in total. The van der Waals surface area contributed by atoms with E-state index in [0.717, 1.165) is 10.7 Å². The van der Waals surface area contributed by atoms with Gasteiger partial charge in [-0.05, 0) is 47.7 Å². The number of fused-ring (bicyclic) bond motifs is 1. The molecule has 0 radical (unpaired) electrons. The maximum absolute atomic E-state index is 5.89. The van der Waals surface area contributed by atoms with E-state index in [2.05, 4.69) is 59.8 Å². The van der Waals surface area contributed by atoms with E-state index in [0.29, 0.717) is 0 Å². The summed E-state index contributed by atoms with van der Waals surface area (Å²) in [6.45, 7) is 2.10. The first-order valence-electron chi connectivity index (χ1n) is 5.65. The van der Waals surface area contributed by atoms with Gasteiger partial charge in [0.15, 0.2) is 5.09 Å². The van der Waals surface area contributed by atoms with Crippen LogP contribution in [0.3, 0.4) is 0 Å². The molecule has 0 fully saturated rings. The topological polar surface area (TPSA) is 13.1 Å². The van der Waals surface area contributed by atoms with Crippen LogP contribution in [0.4, 0.5) is 0 Å². The number of furan rings is 1. The first-order valence-corrected chi connectivity index (χ1v) is 7.55. The van der Waals surface area contributed by atoms with Crippen LogP contribution in [0, 0.1) is 10.5 Å². The maximum atomic E-state index is 5.89. The summed E-state index contributed by atoms with van der Waals surface area (Å²) < 4.78 is 7.08. The molecule has 0 saturated heterocycles. The van der Waals surface area contributed by atoms with Gasteiger partial charge in [0.1, 0.15) is 5.58 Å². The van der Waals surface area contributed by atoms with Gasteiger partial charge in [-0.25, -0.2) is 0 Å². The number of aryl methyl sites for hydroxylation is 1. The average Bonchev–Trinajstić information content (AvgIpc) is 2.70. The third-order valence-corrected chi connectivity index (χ3v) is 5.15. The van der Waals surface area contributed by atoms with Gasteiger partial charge in [0, 0.05) is 10.3 Å². The Balaban J connectivity index is 1.99. The van der Waals surface area contributed by atoms with Gasteiger partial charge in [0.25, 0.3) is 0 Å². The number of hydrogen-bond acceptors (Lipinski definition) is 2. The summed E-state index contributed by atoms with van der Waals surface area (Å²) in [7, 11) is 0. The highest BCUT2D eigenvalue weighted by Crippen LogP contribution is 2.37. The van der Waals surface area contributed by atoms with E-state index < -0.39 is 0 Å². The first-order chi connectivity index (χ1) is 8.74. The zero-order chi connectivity index (χ0) is 12.5. The van der Waals surface area contributed by atoms with E-state index >= 15 is 0 Å². The van der Waals surface area contributed by atoms with Gasteiger partial charge in [-0.2, -0.15) is 0 Å². The molecule has 3 heteroatoms. The Kier molecular flexibility index (Phi) is 3.35. The minimum absolute atomic E-state index is 0.955. The Bertz CT molecular complexity index is 685. The number of hydrogen-bond donors (Lipinski definition) is 0. The second-order valence-corrected chi connectivity index (χ2v) is 6.24. The summed E-state index contributed by atoms with van der Waals surface area (Å²) in [5.41, 5.74) is 2.23. The fraction of sp³-hybridized carbons (Fsp3) is 0.0667. The summed E-state index contributed by atoms with van der Waals surface area (Å²) in [5.74, 6) is 0. The van der Waals surface area contributed by atoms with Crippen molar-refractivity contribution in [1.82, 2.24) is 0 Å². The third-order valence-electron chi connectivity index (χ3n) is 2.74. The highest BCUT2D eigenvalue weighted by molar-refractivity contribution is 14.1. The van der Waals surface area contributed by atoms with Crippen LogP contribution in [0.15, 0.2) is 62.9 Å². The second kappa shape index (κ2) is 4.97. The number of halogens is 1. The van der Waals surface area contributed by atoms with Crippen molar-refractivity contribution in [2.24, 2.45) is 0 Å². The first kappa shape index (κ1) is 12.1. The van der Waals surface area contributed by atoms with E-state index in [1.54, 1.807) is 11.8 Å². The van der Waals surface area contributed by atoms with Crippen molar-refractivity contribution >= 4 is 45.3 Å². The molecule has 0 bridgehead atoms. The molecule has 0 unspecified atom stereocenters. The summed E-state index contributed by atoms with van der Waals surface area (Å²) in [5, 5.41) is 2.16. The molecule has 2 aromatic carbocycles. The van der Waals surface area contributed by atoms with E-state index in [-0.39, 0.29) is 0 Å². The number of para-hydroxylation sites is 1. The maximum Gasteiger partial charge on any atom is 0.179 e. The molecule has 0 aliphatic rings. The zero-order valence-electron chi connectivity index (χ0n) is 9.81. The van der Waals surface area contributed by atoms with Crippen LogP contribution in [0.5, 0.6) is 0 Å². The van der Waals surface area contributed by atoms with Crippen LogP contribution in [0.2, 0.25) is 0 Å². The van der Waals surface area contributed by atoms with Gasteiger partial charge in [0.2, 0.25) is 0 Å². The fourth-order valence-electron chi connectivity index (χ4n) is 1.77. The molecule has 0 amide bonds. The lowest BCUT2D eigenvalue weighted by Gasteiger charge is -1.99. The Morgan fingerprint density at radius 1 is 1.00 bits per heavy atom. The molecule has 1 aromatic heterocycles. The van der Waals surface area contributed by atoms with E-state index in [4.69, 9.17) is 4.42 Å². The summed E-state index contributed by atoms with van der Waals surface area (Å²) in [4.78, 5) is 1.21. The number of benzene rings is 2. The Morgan fingerprint density at radius 3 is 2.44 bits per heavy atom. The molecule has 3 aromatic rings. The van der Waals surface area contributed by atoms with Crippen molar-refractivity contribution < 1.29 is 4.42 Å². The molecule has 18 heavy (non-hydrogen) atoms. The molecule has 0 atom stereocenters.